The molecule has 0 spiro atoms. The number of piperazine rings is 1. The lowest BCUT2D eigenvalue weighted by atomic mass is 9.99. The van der Waals surface area contributed by atoms with Gasteiger partial charge in [-0.05, 0) is 36.5 Å². The number of phenolic OH excluding ortho intramolecular Hbond substituents is 1. The largest absolute Gasteiger partial charge is 0.507 e. The Morgan fingerprint density at radius 2 is 1.84 bits per heavy atom. The predicted octanol–water partition coefficient (Wildman–Crippen LogP) is 1.98. The van der Waals surface area contributed by atoms with E-state index < -0.39 is 0 Å². The summed E-state index contributed by atoms with van der Waals surface area (Å²) < 4.78 is 5.46. The molecule has 0 aromatic heterocycles. The molecule has 1 N–H and O–H groups in total. The number of rotatable bonds is 3. The maximum Gasteiger partial charge on any atom is 0.257 e. The fourth-order valence-corrected chi connectivity index (χ4v) is 3.36. The minimum absolute atomic E-state index is 0.00672. The van der Waals surface area contributed by atoms with E-state index >= 15 is 0 Å². The van der Waals surface area contributed by atoms with Crippen molar-refractivity contribution in [3.8, 4) is 5.75 Å². The summed E-state index contributed by atoms with van der Waals surface area (Å²) in [6.07, 6.45) is 1.41. The van der Waals surface area contributed by atoms with Crippen molar-refractivity contribution < 1.29 is 19.4 Å². The normalized spacial score (nSPS) is 21.0. The minimum Gasteiger partial charge on any atom is -0.507 e. The smallest absolute Gasteiger partial charge is 0.257 e. The third-order valence-corrected chi connectivity index (χ3v) is 5.00. The zero-order chi connectivity index (χ0) is 18.0. The maximum absolute atomic E-state index is 12.8. The molecule has 6 heteroatoms. The number of carbonyl (C=O) groups excluding carboxylic acids is 2. The van der Waals surface area contributed by atoms with Crippen LogP contribution >= 0.6 is 0 Å². The number of nitrogens with zero attached hydrogens (tertiary/aromatic N) is 2. The molecule has 0 bridgehead atoms. The van der Waals surface area contributed by atoms with Gasteiger partial charge in [-0.3, -0.25) is 9.59 Å². The van der Waals surface area contributed by atoms with E-state index in [-0.39, 0.29) is 29.6 Å². The molecule has 3 rings (SSSR count). The molecule has 1 unspecified atom stereocenters. The molecule has 6 nitrogen and oxygen atoms in total. The average Bonchev–Trinajstić information content (AvgIpc) is 3.15. The Labute approximate surface area is 148 Å². The lowest BCUT2D eigenvalue weighted by Crippen LogP contribution is -2.52. The van der Waals surface area contributed by atoms with Crippen molar-refractivity contribution in [3.63, 3.8) is 0 Å². The fraction of sp³-hybridized carbons (Fsp3) is 0.579. The first-order valence-corrected chi connectivity index (χ1v) is 9.00. The van der Waals surface area contributed by atoms with Crippen LogP contribution in [0.25, 0.3) is 0 Å². The fourth-order valence-electron chi connectivity index (χ4n) is 3.36. The van der Waals surface area contributed by atoms with Gasteiger partial charge in [-0.15, -0.1) is 0 Å². The monoisotopic (exact) mass is 346 g/mol. The molecule has 0 radical (unpaired) electrons. The van der Waals surface area contributed by atoms with Crippen molar-refractivity contribution in [2.24, 2.45) is 0 Å². The summed E-state index contributed by atoms with van der Waals surface area (Å²) in [7, 11) is 0. The van der Waals surface area contributed by atoms with Gasteiger partial charge >= 0.3 is 0 Å². The van der Waals surface area contributed by atoms with Gasteiger partial charge in [-0.1, -0.05) is 19.9 Å². The van der Waals surface area contributed by atoms with Crippen molar-refractivity contribution in [2.45, 2.75) is 38.7 Å². The Bertz CT molecular complexity index is 645. The number of hydrogen-bond acceptors (Lipinski definition) is 4. The van der Waals surface area contributed by atoms with Crippen LogP contribution in [0.5, 0.6) is 5.75 Å². The summed E-state index contributed by atoms with van der Waals surface area (Å²) in [6.45, 7) is 6.72. The molecule has 2 aliphatic heterocycles. The predicted molar refractivity (Wildman–Crippen MR) is 93.7 cm³/mol. The highest BCUT2D eigenvalue weighted by Gasteiger charge is 2.32. The van der Waals surface area contributed by atoms with E-state index in [0.29, 0.717) is 38.3 Å². The molecule has 2 fully saturated rings. The van der Waals surface area contributed by atoms with Crippen LogP contribution in [0.3, 0.4) is 0 Å². The van der Waals surface area contributed by atoms with Crippen molar-refractivity contribution in [1.82, 2.24) is 9.80 Å². The molecule has 1 atom stereocenters. The van der Waals surface area contributed by atoms with Gasteiger partial charge in [0.2, 0.25) is 0 Å². The summed E-state index contributed by atoms with van der Waals surface area (Å²) >= 11 is 0. The van der Waals surface area contributed by atoms with Crippen LogP contribution in [0.1, 0.15) is 48.5 Å². The first-order chi connectivity index (χ1) is 12.0. The lowest BCUT2D eigenvalue weighted by molar-refractivity contribution is -0.142. The average molecular weight is 346 g/mol. The Morgan fingerprint density at radius 1 is 1.16 bits per heavy atom. The van der Waals surface area contributed by atoms with Crippen molar-refractivity contribution >= 4 is 11.8 Å². The van der Waals surface area contributed by atoms with Gasteiger partial charge in [-0.2, -0.15) is 0 Å². The minimum atomic E-state index is -0.311. The van der Waals surface area contributed by atoms with Crippen LogP contribution < -0.4 is 0 Å². The van der Waals surface area contributed by atoms with E-state index in [9.17, 15) is 14.7 Å². The van der Waals surface area contributed by atoms with Gasteiger partial charge in [0, 0.05) is 32.8 Å². The highest BCUT2D eigenvalue weighted by molar-refractivity contribution is 5.97. The van der Waals surface area contributed by atoms with Crippen LogP contribution in [0.4, 0.5) is 0 Å². The molecule has 136 valence electrons. The molecule has 2 aliphatic rings. The third kappa shape index (κ3) is 3.79. The highest BCUT2D eigenvalue weighted by atomic mass is 16.5. The first-order valence-electron chi connectivity index (χ1n) is 9.00. The molecular weight excluding hydrogens is 320 g/mol. The van der Waals surface area contributed by atoms with Gasteiger partial charge in [0.15, 0.2) is 0 Å². The SMILES string of the molecule is CC(C)c1ccc(O)c(C(=O)N2CCN(C(=O)C3CCCO3)CC2)c1. The summed E-state index contributed by atoms with van der Waals surface area (Å²) in [5.41, 5.74) is 1.36. The van der Waals surface area contributed by atoms with E-state index in [1.807, 2.05) is 6.07 Å². The summed E-state index contributed by atoms with van der Waals surface area (Å²) in [4.78, 5) is 28.6. The van der Waals surface area contributed by atoms with E-state index in [1.165, 1.54) is 0 Å². The Kier molecular flexibility index (Phi) is 5.27. The second-order valence-electron chi connectivity index (χ2n) is 7.05. The van der Waals surface area contributed by atoms with Crippen molar-refractivity contribution in [2.75, 3.05) is 32.8 Å². The van der Waals surface area contributed by atoms with E-state index in [0.717, 1.165) is 18.4 Å². The molecule has 0 saturated carbocycles. The topological polar surface area (TPSA) is 70.1 Å². The summed E-state index contributed by atoms with van der Waals surface area (Å²) in [6, 6.07) is 5.20. The number of benzene rings is 1. The number of carbonyl (C=O) groups is 2. The highest BCUT2D eigenvalue weighted by Crippen LogP contribution is 2.25. The van der Waals surface area contributed by atoms with Gasteiger partial charge in [0.25, 0.3) is 11.8 Å². The summed E-state index contributed by atoms with van der Waals surface area (Å²) in [5.74, 6) is 0.152. The molecule has 2 saturated heterocycles. The van der Waals surface area contributed by atoms with Gasteiger partial charge in [0.1, 0.15) is 11.9 Å². The number of amides is 2. The second kappa shape index (κ2) is 7.44. The first kappa shape index (κ1) is 17.7. The standard InChI is InChI=1S/C19H26N2O4/c1-13(2)14-5-6-16(22)15(12-14)18(23)20-7-9-21(10-8-20)19(24)17-4-3-11-25-17/h5-6,12-13,17,22H,3-4,7-11H2,1-2H3. The molecular formula is C19H26N2O4. The van der Waals surface area contributed by atoms with Crippen molar-refractivity contribution in [1.29, 1.82) is 0 Å². The molecule has 2 heterocycles. The lowest BCUT2D eigenvalue weighted by Gasteiger charge is -2.36. The van der Waals surface area contributed by atoms with Crippen LogP contribution in [-0.4, -0.2) is 65.6 Å². The molecule has 2 amide bonds. The summed E-state index contributed by atoms with van der Waals surface area (Å²) in [5, 5.41) is 10.1. The van der Waals surface area contributed by atoms with Crippen LogP contribution in [-0.2, 0) is 9.53 Å². The Hall–Kier alpha value is -2.08. The Balaban J connectivity index is 1.63. The molecule has 0 aliphatic carbocycles. The van der Waals surface area contributed by atoms with Crippen molar-refractivity contribution in [3.05, 3.63) is 29.3 Å². The van der Waals surface area contributed by atoms with Gasteiger partial charge in [-0.25, -0.2) is 0 Å². The second-order valence-corrected chi connectivity index (χ2v) is 7.05. The van der Waals surface area contributed by atoms with Gasteiger partial charge in [0.05, 0.1) is 5.56 Å². The van der Waals surface area contributed by atoms with Crippen LogP contribution in [0.15, 0.2) is 18.2 Å². The van der Waals surface area contributed by atoms with Crippen LogP contribution in [0.2, 0.25) is 0 Å². The zero-order valence-corrected chi connectivity index (χ0v) is 14.9. The van der Waals surface area contributed by atoms with E-state index in [1.54, 1.807) is 21.9 Å². The third-order valence-electron chi connectivity index (χ3n) is 5.00. The van der Waals surface area contributed by atoms with E-state index in [2.05, 4.69) is 13.8 Å². The molecule has 1 aromatic rings. The Morgan fingerprint density at radius 3 is 2.44 bits per heavy atom. The molecule has 25 heavy (non-hydrogen) atoms. The molecule has 1 aromatic carbocycles. The van der Waals surface area contributed by atoms with Crippen LogP contribution in [0, 0.1) is 0 Å². The number of phenols is 1. The number of ether oxygens (including phenoxy) is 1. The van der Waals surface area contributed by atoms with E-state index in [4.69, 9.17) is 4.74 Å². The number of hydrogen-bond donors (Lipinski definition) is 1. The number of aromatic hydroxyl groups is 1. The zero-order valence-electron chi connectivity index (χ0n) is 14.9. The van der Waals surface area contributed by atoms with Gasteiger partial charge < -0.3 is 19.6 Å². The quantitative estimate of drug-likeness (QED) is 0.908. The maximum atomic E-state index is 12.8.